The van der Waals surface area contributed by atoms with Gasteiger partial charge in [0, 0.05) is 24.4 Å². The van der Waals surface area contributed by atoms with Crippen LogP contribution >= 0.6 is 11.6 Å². The standard InChI is InChI=1S/C14H11ClN2O2/c15-10-2-6-14(16-8-10)19-11-3-4-12-9(7-11)1-5-13(18)17-12/h2-4,6-8H,1,5H2,(H,17,18). The number of carbonyl (C=O) groups is 1. The van der Waals surface area contributed by atoms with Gasteiger partial charge in [-0.1, -0.05) is 11.6 Å². The van der Waals surface area contributed by atoms with Crippen molar-refractivity contribution in [2.45, 2.75) is 12.8 Å². The van der Waals surface area contributed by atoms with Crippen LogP contribution in [0.15, 0.2) is 36.5 Å². The maximum atomic E-state index is 11.3. The third-order valence-electron chi connectivity index (χ3n) is 2.89. The number of nitrogens with zero attached hydrogens (tertiary/aromatic N) is 1. The maximum absolute atomic E-state index is 11.3. The molecule has 1 aromatic heterocycles. The van der Waals surface area contributed by atoms with Gasteiger partial charge in [-0.2, -0.15) is 0 Å². The molecule has 0 bridgehead atoms. The molecule has 1 amide bonds. The average molecular weight is 275 g/mol. The minimum Gasteiger partial charge on any atom is -0.439 e. The molecule has 1 aliphatic heterocycles. The van der Waals surface area contributed by atoms with E-state index in [1.54, 1.807) is 18.2 Å². The van der Waals surface area contributed by atoms with E-state index in [4.69, 9.17) is 16.3 Å². The van der Waals surface area contributed by atoms with E-state index in [0.717, 1.165) is 17.7 Å². The number of carbonyl (C=O) groups excluding carboxylic acids is 1. The number of pyridine rings is 1. The summed E-state index contributed by atoms with van der Waals surface area (Å²) >= 11 is 5.76. The highest BCUT2D eigenvalue weighted by Gasteiger charge is 2.15. The molecule has 0 unspecified atom stereocenters. The van der Waals surface area contributed by atoms with Crippen molar-refractivity contribution in [2.75, 3.05) is 5.32 Å². The van der Waals surface area contributed by atoms with Crippen molar-refractivity contribution < 1.29 is 9.53 Å². The van der Waals surface area contributed by atoms with Gasteiger partial charge in [0.05, 0.1) is 5.02 Å². The lowest BCUT2D eigenvalue weighted by Gasteiger charge is -2.17. The number of rotatable bonds is 2. The Labute approximate surface area is 115 Å². The van der Waals surface area contributed by atoms with Crippen LogP contribution in [-0.4, -0.2) is 10.9 Å². The molecule has 4 nitrogen and oxygen atoms in total. The van der Waals surface area contributed by atoms with Crippen LogP contribution in [0.1, 0.15) is 12.0 Å². The summed E-state index contributed by atoms with van der Waals surface area (Å²) in [5, 5.41) is 3.40. The zero-order chi connectivity index (χ0) is 13.2. The Morgan fingerprint density at radius 1 is 1.21 bits per heavy atom. The van der Waals surface area contributed by atoms with Crippen LogP contribution in [0.25, 0.3) is 0 Å². The lowest BCUT2D eigenvalue weighted by atomic mass is 10.0. The first-order valence-corrected chi connectivity index (χ1v) is 6.31. The van der Waals surface area contributed by atoms with Crippen molar-refractivity contribution >= 4 is 23.2 Å². The summed E-state index contributed by atoms with van der Waals surface area (Å²) in [5.74, 6) is 1.24. The average Bonchev–Trinajstić information content (AvgIpc) is 2.42. The summed E-state index contributed by atoms with van der Waals surface area (Å²) in [6.07, 6.45) is 2.78. The molecule has 1 aliphatic rings. The van der Waals surface area contributed by atoms with E-state index in [1.807, 2.05) is 12.1 Å². The van der Waals surface area contributed by atoms with Gasteiger partial charge in [-0.15, -0.1) is 0 Å². The molecule has 0 atom stereocenters. The molecule has 0 radical (unpaired) electrons. The van der Waals surface area contributed by atoms with Gasteiger partial charge in [-0.25, -0.2) is 4.98 Å². The van der Waals surface area contributed by atoms with Crippen molar-refractivity contribution in [2.24, 2.45) is 0 Å². The second kappa shape index (κ2) is 4.90. The van der Waals surface area contributed by atoms with E-state index < -0.39 is 0 Å². The Morgan fingerprint density at radius 3 is 2.89 bits per heavy atom. The van der Waals surface area contributed by atoms with Gasteiger partial charge in [0.25, 0.3) is 0 Å². The van der Waals surface area contributed by atoms with Crippen molar-refractivity contribution in [3.8, 4) is 11.6 Å². The highest BCUT2D eigenvalue weighted by atomic mass is 35.5. The predicted octanol–water partition coefficient (Wildman–Crippen LogP) is 3.41. The van der Waals surface area contributed by atoms with Crippen LogP contribution in [0.2, 0.25) is 5.02 Å². The molecule has 2 heterocycles. The molecular formula is C14H11ClN2O2. The highest BCUT2D eigenvalue weighted by molar-refractivity contribution is 6.30. The van der Waals surface area contributed by atoms with E-state index >= 15 is 0 Å². The third kappa shape index (κ3) is 2.69. The molecule has 0 aliphatic carbocycles. The molecule has 19 heavy (non-hydrogen) atoms. The Hall–Kier alpha value is -2.07. The third-order valence-corrected chi connectivity index (χ3v) is 3.12. The number of amides is 1. The van der Waals surface area contributed by atoms with E-state index in [1.165, 1.54) is 6.20 Å². The Bertz CT molecular complexity index is 626. The van der Waals surface area contributed by atoms with Crippen molar-refractivity contribution in [1.29, 1.82) is 0 Å². The normalized spacial score (nSPS) is 13.6. The van der Waals surface area contributed by atoms with E-state index in [0.29, 0.717) is 23.1 Å². The molecule has 1 aromatic carbocycles. The molecule has 0 fully saturated rings. The van der Waals surface area contributed by atoms with Crippen molar-refractivity contribution in [3.63, 3.8) is 0 Å². The summed E-state index contributed by atoms with van der Waals surface area (Å²) in [5.41, 5.74) is 1.93. The van der Waals surface area contributed by atoms with Crippen LogP contribution < -0.4 is 10.1 Å². The quantitative estimate of drug-likeness (QED) is 0.913. The molecule has 5 heteroatoms. The number of aromatic nitrogens is 1. The van der Waals surface area contributed by atoms with Crippen molar-refractivity contribution in [1.82, 2.24) is 4.98 Å². The second-order valence-electron chi connectivity index (χ2n) is 4.28. The predicted molar refractivity (Wildman–Crippen MR) is 72.7 cm³/mol. The summed E-state index contributed by atoms with van der Waals surface area (Å²) < 4.78 is 5.64. The SMILES string of the molecule is O=C1CCc2cc(Oc3ccc(Cl)cn3)ccc2N1. The zero-order valence-corrected chi connectivity index (χ0v) is 10.8. The Balaban J connectivity index is 1.82. The van der Waals surface area contributed by atoms with Gasteiger partial charge in [0.1, 0.15) is 5.75 Å². The molecule has 0 saturated carbocycles. The number of nitrogens with one attached hydrogen (secondary N) is 1. The largest absolute Gasteiger partial charge is 0.439 e. The van der Waals surface area contributed by atoms with E-state index in [-0.39, 0.29) is 5.91 Å². The number of hydrogen-bond donors (Lipinski definition) is 1. The van der Waals surface area contributed by atoms with Crippen LogP contribution in [0, 0.1) is 0 Å². The highest BCUT2D eigenvalue weighted by Crippen LogP contribution is 2.29. The van der Waals surface area contributed by atoms with E-state index in [2.05, 4.69) is 10.3 Å². The number of anilines is 1. The van der Waals surface area contributed by atoms with Gasteiger partial charge in [0.2, 0.25) is 11.8 Å². The van der Waals surface area contributed by atoms with Crippen LogP contribution in [0.5, 0.6) is 11.6 Å². The number of halogens is 1. The first-order chi connectivity index (χ1) is 9.20. The second-order valence-corrected chi connectivity index (χ2v) is 4.72. The van der Waals surface area contributed by atoms with Gasteiger partial charge in [0.15, 0.2) is 0 Å². The fourth-order valence-corrected chi connectivity index (χ4v) is 2.08. The van der Waals surface area contributed by atoms with Gasteiger partial charge in [-0.05, 0) is 36.2 Å². The Morgan fingerprint density at radius 2 is 2.11 bits per heavy atom. The first-order valence-electron chi connectivity index (χ1n) is 5.93. The molecule has 0 saturated heterocycles. The topological polar surface area (TPSA) is 51.2 Å². The first kappa shape index (κ1) is 12.0. The summed E-state index contributed by atoms with van der Waals surface area (Å²) in [6.45, 7) is 0. The van der Waals surface area contributed by atoms with Crippen molar-refractivity contribution in [3.05, 3.63) is 47.1 Å². The number of hydrogen-bond acceptors (Lipinski definition) is 3. The molecule has 2 aromatic rings. The molecule has 3 rings (SSSR count). The zero-order valence-electron chi connectivity index (χ0n) is 10.0. The minimum atomic E-state index is 0.0561. The Kier molecular flexibility index (Phi) is 3.09. The number of fused-ring (bicyclic) bond motifs is 1. The maximum Gasteiger partial charge on any atom is 0.224 e. The monoisotopic (exact) mass is 274 g/mol. The fraction of sp³-hybridized carbons (Fsp3) is 0.143. The van der Waals surface area contributed by atoms with Gasteiger partial charge < -0.3 is 10.1 Å². The molecule has 0 spiro atoms. The number of aryl methyl sites for hydroxylation is 1. The van der Waals surface area contributed by atoms with E-state index in [9.17, 15) is 4.79 Å². The number of ether oxygens (including phenoxy) is 1. The molecule has 1 N–H and O–H groups in total. The summed E-state index contributed by atoms with van der Waals surface area (Å²) in [7, 11) is 0. The minimum absolute atomic E-state index is 0.0561. The summed E-state index contributed by atoms with van der Waals surface area (Å²) in [4.78, 5) is 15.3. The van der Waals surface area contributed by atoms with Gasteiger partial charge >= 0.3 is 0 Å². The lowest BCUT2D eigenvalue weighted by molar-refractivity contribution is -0.116. The van der Waals surface area contributed by atoms with Crippen LogP contribution in [-0.2, 0) is 11.2 Å². The summed E-state index contributed by atoms with van der Waals surface area (Å²) in [6, 6.07) is 9.01. The van der Waals surface area contributed by atoms with Crippen LogP contribution in [0.4, 0.5) is 5.69 Å². The molecule has 96 valence electrons. The van der Waals surface area contributed by atoms with Gasteiger partial charge in [-0.3, -0.25) is 4.79 Å². The van der Waals surface area contributed by atoms with Crippen LogP contribution in [0.3, 0.4) is 0 Å². The molecular weight excluding hydrogens is 264 g/mol. The fourth-order valence-electron chi connectivity index (χ4n) is 1.97. The smallest absolute Gasteiger partial charge is 0.224 e. The number of benzene rings is 1. The lowest BCUT2D eigenvalue weighted by Crippen LogP contribution is -2.18.